The monoisotopic (exact) mass is 373 g/mol. The summed E-state index contributed by atoms with van der Waals surface area (Å²) >= 11 is 11.3. The van der Waals surface area contributed by atoms with Crippen LogP contribution in [0.25, 0.3) is 0 Å². The van der Waals surface area contributed by atoms with E-state index in [1.54, 1.807) is 0 Å². The van der Waals surface area contributed by atoms with Crippen LogP contribution in [0.15, 0.2) is 12.1 Å². The van der Waals surface area contributed by atoms with Crippen molar-refractivity contribution in [1.82, 2.24) is 0 Å². The highest BCUT2D eigenvalue weighted by atomic mass is 35.5. The van der Waals surface area contributed by atoms with Crippen molar-refractivity contribution >= 4 is 40.5 Å². The summed E-state index contributed by atoms with van der Waals surface area (Å²) in [6, 6.07) is 2.73. The van der Waals surface area contributed by atoms with Crippen LogP contribution in [-0.4, -0.2) is 17.1 Å². The van der Waals surface area contributed by atoms with E-state index in [0.29, 0.717) is 17.0 Å². The third-order valence-electron chi connectivity index (χ3n) is 3.81. The average Bonchev–Trinajstić information content (AvgIpc) is 2.51. The fourth-order valence-electron chi connectivity index (χ4n) is 2.15. The zero-order valence-electron chi connectivity index (χ0n) is 14.6. The molecule has 0 aliphatic rings. The van der Waals surface area contributed by atoms with Gasteiger partial charge >= 0.3 is 0 Å². The SMILES string of the molecule is CCCC(C)C(=O)Nc1cc(CC(=S)OC(C)CC)c(Cl)cc1F. The summed E-state index contributed by atoms with van der Waals surface area (Å²) < 4.78 is 19.7. The van der Waals surface area contributed by atoms with E-state index in [1.807, 2.05) is 27.7 Å². The van der Waals surface area contributed by atoms with Gasteiger partial charge in [0.05, 0.1) is 11.8 Å². The molecule has 0 aliphatic carbocycles. The van der Waals surface area contributed by atoms with Gasteiger partial charge in [0.2, 0.25) is 5.91 Å². The van der Waals surface area contributed by atoms with Gasteiger partial charge in [0.1, 0.15) is 5.82 Å². The summed E-state index contributed by atoms with van der Waals surface area (Å²) in [7, 11) is 0. The summed E-state index contributed by atoms with van der Waals surface area (Å²) in [5.74, 6) is -0.944. The van der Waals surface area contributed by atoms with E-state index in [4.69, 9.17) is 28.6 Å². The molecule has 1 aromatic carbocycles. The Morgan fingerprint density at radius 3 is 2.62 bits per heavy atom. The molecule has 134 valence electrons. The van der Waals surface area contributed by atoms with Crippen LogP contribution in [0.2, 0.25) is 5.02 Å². The average molecular weight is 374 g/mol. The van der Waals surface area contributed by atoms with Crippen molar-refractivity contribution in [1.29, 1.82) is 0 Å². The minimum absolute atomic E-state index is 0.0193. The highest BCUT2D eigenvalue weighted by Gasteiger charge is 2.17. The molecule has 0 aliphatic heterocycles. The molecule has 0 fully saturated rings. The van der Waals surface area contributed by atoms with E-state index >= 15 is 0 Å². The molecule has 0 spiro atoms. The Hall–Kier alpha value is -1.20. The van der Waals surface area contributed by atoms with Gasteiger partial charge in [-0.3, -0.25) is 4.79 Å². The lowest BCUT2D eigenvalue weighted by Gasteiger charge is -2.16. The molecule has 1 amide bonds. The molecular weight excluding hydrogens is 349 g/mol. The fraction of sp³-hybridized carbons (Fsp3) is 0.556. The number of ether oxygens (including phenoxy) is 1. The number of nitrogens with one attached hydrogen (secondary N) is 1. The zero-order chi connectivity index (χ0) is 18.3. The molecule has 3 nitrogen and oxygen atoms in total. The first-order valence-electron chi connectivity index (χ1n) is 8.26. The number of benzene rings is 1. The van der Waals surface area contributed by atoms with Crippen LogP contribution in [0, 0.1) is 11.7 Å². The molecule has 0 aromatic heterocycles. The van der Waals surface area contributed by atoms with E-state index in [-0.39, 0.29) is 28.6 Å². The minimum atomic E-state index is -0.561. The number of carbonyl (C=O) groups excluding carboxylic acids is 1. The molecule has 1 rings (SSSR count). The third kappa shape index (κ3) is 6.36. The van der Waals surface area contributed by atoms with Crippen molar-refractivity contribution in [2.24, 2.45) is 5.92 Å². The van der Waals surface area contributed by atoms with Crippen molar-refractivity contribution in [3.63, 3.8) is 0 Å². The molecule has 1 N–H and O–H groups in total. The second-order valence-electron chi connectivity index (χ2n) is 5.99. The van der Waals surface area contributed by atoms with Crippen LogP contribution in [-0.2, 0) is 16.0 Å². The van der Waals surface area contributed by atoms with Crippen molar-refractivity contribution in [2.75, 3.05) is 5.32 Å². The maximum atomic E-state index is 14.1. The molecule has 0 saturated heterocycles. The van der Waals surface area contributed by atoms with Gasteiger partial charge in [-0.15, -0.1) is 0 Å². The molecule has 0 heterocycles. The lowest BCUT2D eigenvalue weighted by molar-refractivity contribution is -0.119. The second kappa shape index (κ2) is 9.94. The molecule has 1 aromatic rings. The quantitative estimate of drug-likeness (QED) is 0.608. The van der Waals surface area contributed by atoms with E-state index in [9.17, 15) is 9.18 Å². The normalized spacial score (nSPS) is 13.2. The number of halogens is 2. The first kappa shape index (κ1) is 20.8. The Morgan fingerprint density at radius 2 is 2.04 bits per heavy atom. The minimum Gasteiger partial charge on any atom is -0.484 e. The molecular formula is C18H25ClFNO2S. The predicted molar refractivity (Wildman–Crippen MR) is 101 cm³/mol. The van der Waals surface area contributed by atoms with Crippen molar-refractivity contribution in [3.8, 4) is 0 Å². The Kier molecular flexibility index (Phi) is 8.63. The Bertz CT molecular complexity index is 595. The molecule has 2 unspecified atom stereocenters. The van der Waals surface area contributed by atoms with Gasteiger partial charge in [0, 0.05) is 17.4 Å². The number of amides is 1. The van der Waals surface area contributed by atoms with Crippen molar-refractivity contribution in [2.45, 2.75) is 59.5 Å². The van der Waals surface area contributed by atoms with Gasteiger partial charge in [0.25, 0.3) is 0 Å². The van der Waals surface area contributed by atoms with Gasteiger partial charge in [0.15, 0.2) is 5.05 Å². The Morgan fingerprint density at radius 1 is 1.38 bits per heavy atom. The first-order chi connectivity index (χ1) is 11.3. The highest BCUT2D eigenvalue weighted by Crippen LogP contribution is 2.26. The summed E-state index contributed by atoms with van der Waals surface area (Å²) in [5, 5.41) is 3.29. The Labute approximate surface area is 153 Å². The van der Waals surface area contributed by atoms with Gasteiger partial charge in [-0.1, -0.05) is 38.8 Å². The van der Waals surface area contributed by atoms with E-state index < -0.39 is 5.82 Å². The fourth-order valence-corrected chi connectivity index (χ4v) is 2.69. The maximum absolute atomic E-state index is 14.1. The maximum Gasteiger partial charge on any atom is 0.227 e. The first-order valence-corrected chi connectivity index (χ1v) is 9.05. The Balaban J connectivity index is 2.88. The summed E-state index contributed by atoms with van der Waals surface area (Å²) in [5.41, 5.74) is 0.749. The smallest absolute Gasteiger partial charge is 0.227 e. The molecule has 0 saturated carbocycles. The number of carbonyl (C=O) groups is 1. The molecule has 24 heavy (non-hydrogen) atoms. The third-order valence-corrected chi connectivity index (χ3v) is 4.40. The van der Waals surface area contributed by atoms with Gasteiger partial charge < -0.3 is 10.1 Å². The lowest BCUT2D eigenvalue weighted by Crippen LogP contribution is -2.21. The van der Waals surface area contributed by atoms with E-state index in [0.717, 1.165) is 19.3 Å². The molecule has 6 heteroatoms. The predicted octanol–water partition coefficient (Wildman–Crippen LogP) is 5.54. The van der Waals surface area contributed by atoms with Crippen LogP contribution in [0.3, 0.4) is 0 Å². The molecule has 2 atom stereocenters. The molecule has 0 radical (unpaired) electrons. The summed E-state index contributed by atoms with van der Waals surface area (Å²) in [4.78, 5) is 12.1. The molecule has 0 bridgehead atoms. The number of thiocarbonyl (C=S) groups is 1. The van der Waals surface area contributed by atoms with Crippen LogP contribution in [0.1, 0.15) is 52.5 Å². The number of rotatable bonds is 8. The van der Waals surface area contributed by atoms with Gasteiger partial charge in [-0.25, -0.2) is 4.39 Å². The number of hydrogen-bond acceptors (Lipinski definition) is 3. The van der Waals surface area contributed by atoms with Crippen molar-refractivity contribution in [3.05, 3.63) is 28.5 Å². The van der Waals surface area contributed by atoms with E-state index in [2.05, 4.69) is 5.32 Å². The summed E-state index contributed by atoms with van der Waals surface area (Å²) in [6.45, 7) is 7.76. The van der Waals surface area contributed by atoms with Crippen LogP contribution in [0.4, 0.5) is 10.1 Å². The number of hydrogen-bond donors (Lipinski definition) is 1. The van der Waals surface area contributed by atoms with Crippen LogP contribution < -0.4 is 5.32 Å². The lowest BCUT2D eigenvalue weighted by atomic mass is 10.0. The highest BCUT2D eigenvalue weighted by molar-refractivity contribution is 7.80. The topological polar surface area (TPSA) is 38.3 Å². The van der Waals surface area contributed by atoms with Gasteiger partial charge in [-0.05, 0) is 49.7 Å². The number of anilines is 1. The van der Waals surface area contributed by atoms with Gasteiger partial charge in [-0.2, -0.15) is 0 Å². The largest absolute Gasteiger partial charge is 0.484 e. The van der Waals surface area contributed by atoms with Crippen molar-refractivity contribution < 1.29 is 13.9 Å². The van der Waals surface area contributed by atoms with E-state index in [1.165, 1.54) is 12.1 Å². The second-order valence-corrected chi connectivity index (χ2v) is 6.85. The summed E-state index contributed by atoms with van der Waals surface area (Å²) in [6.07, 6.45) is 2.80. The standard InChI is InChI=1S/C18H25ClFNO2S/c1-5-7-11(3)18(22)21-16-8-13(14(19)10-15(16)20)9-17(24)23-12(4)6-2/h8,10-12H,5-7,9H2,1-4H3,(H,21,22). The van der Waals surface area contributed by atoms with Crippen LogP contribution in [0.5, 0.6) is 0 Å². The van der Waals surface area contributed by atoms with Crippen LogP contribution >= 0.6 is 23.8 Å². The zero-order valence-corrected chi connectivity index (χ0v) is 16.2.